The van der Waals surface area contributed by atoms with Crippen molar-refractivity contribution in [3.05, 3.63) is 41.7 Å². The first-order valence-electron chi connectivity index (χ1n) is 7.60. The van der Waals surface area contributed by atoms with Crippen LogP contribution in [0, 0.1) is 6.92 Å². The van der Waals surface area contributed by atoms with Crippen LogP contribution in [-0.4, -0.2) is 28.8 Å². The highest BCUT2D eigenvalue weighted by molar-refractivity contribution is 5.99. The molecule has 0 spiro atoms. The molecule has 1 aliphatic rings. The number of pyridine rings is 2. The molecule has 1 saturated heterocycles. The zero-order chi connectivity index (χ0) is 15.5. The van der Waals surface area contributed by atoms with Crippen LogP contribution in [0.5, 0.6) is 0 Å². The van der Waals surface area contributed by atoms with Crippen LogP contribution < -0.4 is 10.2 Å². The van der Waals surface area contributed by atoms with E-state index < -0.39 is 0 Å². The number of nitrogens with one attached hydrogen (secondary N) is 1. The van der Waals surface area contributed by atoms with E-state index in [4.69, 9.17) is 0 Å². The van der Waals surface area contributed by atoms with Gasteiger partial charge in [0.25, 0.3) is 0 Å². The highest BCUT2D eigenvalue weighted by Gasteiger charge is 2.14. The number of nitrogens with zero attached hydrogens (tertiary/aromatic N) is 3. The number of anilines is 3. The number of hydrogen-bond donors (Lipinski definition) is 1. The van der Waals surface area contributed by atoms with Crippen molar-refractivity contribution in [2.75, 3.05) is 23.3 Å². The Morgan fingerprint density at radius 2 is 1.95 bits per heavy atom. The lowest BCUT2D eigenvalue weighted by molar-refractivity contribution is 0.101. The predicted molar refractivity (Wildman–Crippen MR) is 87.9 cm³/mol. The molecule has 114 valence electrons. The smallest absolute Gasteiger partial charge is 0.163 e. The van der Waals surface area contributed by atoms with Crippen molar-refractivity contribution >= 4 is 23.1 Å². The van der Waals surface area contributed by atoms with E-state index in [0.717, 1.165) is 30.3 Å². The molecule has 3 rings (SSSR count). The molecule has 0 atom stereocenters. The van der Waals surface area contributed by atoms with E-state index in [1.807, 2.05) is 25.1 Å². The third-order valence-electron chi connectivity index (χ3n) is 3.85. The number of Topliss-reactive ketones (excluding diaryl/α,β-unsaturated/α-hetero) is 1. The molecule has 5 nitrogen and oxygen atoms in total. The molecule has 22 heavy (non-hydrogen) atoms. The summed E-state index contributed by atoms with van der Waals surface area (Å²) in [7, 11) is 0. The highest BCUT2D eigenvalue weighted by Crippen LogP contribution is 2.22. The maximum absolute atomic E-state index is 11.7. The lowest BCUT2D eigenvalue weighted by atomic mass is 10.1. The average molecular weight is 296 g/mol. The van der Waals surface area contributed by atoms with E-state index >= 15 is 0 Å². The number of aryl methyl sites for hydroxylation is 1. The van der Waals surface area contributed by atoms with E-state index in [-0.39, 0.29) is 5.78 Å². The minimum atomic E-state index is -0.00311. The summed E-state index contributed by atoms with van der Waals surface area (Å²) in [5, 5.41) is 3.20. The number of carbonyl (C=O) groups is 1. The standard InChI is InChI=1S/C17H20N4O/c1-12-5-7-15(13(2)22)17(19-12)20-14-6-8-16(18-11-14)21-9-3-4-10-21/h5-8,11H,3-4,9-10H2,1-2H3,(H,19,20). The van der Waals surface area contributed by atoms with Gasteiger partial charge in [-0.25, -0.2) is 9.97 Å². The van der Waals surface area contributed by atoms with E-state index in [0.29, 0.717) is 11.4 Å². The molecule has 0 radical (unpaired) electrons. The average Bonchev–Trinajstić information content (AvgIpc) is 3.02. The molecule has 1 aliphatic heterocycles. The molecule has 3 heterocycles. The summed E-state index contributed by atoms with van der Waals surface area (Å²) in [6, 6.07) is 7.64. The molecule has 0 amide bonds. The summed E-state index contributed by atoms with van der Waals surface area (Å²) < 4.78 is 0. The first-order valence-corrected chi connectivity index (χ1v) is 7.60. The maximum Gasteiger partial charge on any atom is 0.163 e. The maximum atomic E-state index is 11.7. The largest absolute Gasteiger partial charge is 0.357 e. The molecule has 0 aliphatic carbocycles. The van der Waals surface area contributed by atoms with Gasteiger partial charge in [-0.05, 0) is 51.0 Å². The van der Waals surface area contributed by atoms with Crippen molar-refractivity contribution in [3.63, 3.8) is 0 Å². The number of ketones is 1. The Kier molecular flexibility index (Phi) is 4.04. The second-order valence-corrected chi connectivity index (χ2v) is 5.63. The van der Waals surface area contributed by atoms with Crippen molar-refractivity contribution in [1.29, 1.82) is 0 Å². The quantitative estimate of drug-likeness (QED) is 0.877. The fourth-order valence-corrected chi connectivity index (χ4v) is 2.67. The Hall–Kier alpha value is -2.43. The van der Waals surface area contributed by atoms with Gasteiger partial charge in [0.2, 0.25) is 0 Å². The normalized spacial score (nSPS) is 14.2. The van der Waals surface area contributed by atoms with Gasteiger partial charge in [0.15, 0.2) is 5.78 Å². The molecule has 5 heteroatoms. The minimum Gasteiger partial charge on any atom is -0.357 e. The van der Waals surface area contributed by atoms with Crippen molar-refractivity contribution < 1.29 is 4.79 Å². The molecule has 1 fully saturated rings. The Bertz CT molecular complexity index is 676. The zero-order valence-corrected chi connectivity index (χ0v) is 13.0. The first-order chi connectivity index (χ1) is 10.6. The van der Waals surface area contributed by atoms with E-state index in [1.54, 1.807) is 19.2 Å². The van der Waals surface area contributed by atoms with Crippen LogP contribution in [0.2, 0.25) is 0 Å². The van der Waals surface area contributed by atoms with Crippen LogP contribution in [0.15, 0.2) is 30.5 Å². The van der Waals surface area contributed by atoms with Crippen LogP contribution in [0.1, 0.15) is 35.8 Å². The minimum absolute atomic E-state index is 0.00311. The zero-order valence-electron chi connectivity index (χ0n) is 13.0. The van der Waals surface area contributed by atoms with Gasteiger partial charge in [-0.2, -0.15) is 0 Å². The second kappa shape index (κ2) is 6.13. The lowest BCUT2D eigenvalue weighted by Crippen LogP contribution is -2.18. The molecular weight excluding hydrogens is 276 g/mol. The van der Waals surface area contributed by atoms with E-state index in [1.165, 1.54) is 12.8 Å². The van der Waals surface area contributed by atoms with Crippen LogP contribution in [0.3, 0.4) is 0 Å². The molecule has 0 unspecified atom stereocenters. The van der Waals surface area contributed by atoms with Gasteiger partial charge >= 0.3 is 0 Å². The highest BCUT2D eigenvalue weighted by atomic mass is 16.1. The Morgan fingerprint density at radius 3 is 2.59 bits per heavy atom. The van der Waals surface area contributed by atoms with Crippen LogP contribution >= 0.6 is 0 Å². The van der Waals surface area contributed by atoms with Gasteiger partial charge in [-0.1, -0.05) is 0 Å². The van der Waals surface area contributed by atoms with Gasteiger partial charge in [0.1, 0.15) is 11.6 Å². The van der Waals surface area contributed by atoms with Gasteiger partial charge < -0.3 is 10.2 Å². The Morgan fingerprint density at radius 1 is 1.18 bits per heavy atom. The fourth-order valence-electron chi connectivity index (χ4n) is 2.67. The monoisotopic (exact) mass is 296 g/mol. The molecule has 1 N–H and O–H groups in total. The van der Waals surface area contributed by atoms with Crippen LogP contribution in [-0.2, 0) is 0 Å². The van der Waals surface area contributed by atoms with Crippen molar-refractivity contribution in [3.8, 4) is 0 Å². The second-order valence-electron chi connectivity index (χ2n) is 5.63. The van der Waals surface area contributed by atoms with Crippen LogP contribution in [0.25, 0.3) is 0 Å². The number of rotatable bonds is 4. The van der Waals surface area contributed by atoms with Gasteiger partial charge in [-0.15, -0.1) is 0 Å². The van der Waals surface area contributed by atoms with Crippen molar-refractivity contribution in [2.24, 2.45) is 0 Å². The summed E-state index contributed by atoms with van der Waals surface area (Å²) in [4.78, 5) is 22.9. The summed E-state index contributed by atoms with van der Waals surface area (Å²) in [6.45, 7) is 5.61. The Balaban J connectivity index is 1.81. The van der Waals surface area contributed by atoms with Crippen molar-refractivity contribution in [1.82, 2.24) is 9.97 Å². The molecule has 0 bridgehead atoms. The van der Waals surface area contributed by atoms with Gasteiger partial charge in [0.05, 0.1) is 17.4 Å². The predicted octanol–water partition coefficient (Wildman–Crippen LogP) is 3.33. The van der Waals surface area contributed by atoms with Crippen molar-refractivity contribution in [2.45, 2.75) is 26.7 Å². The number of aromatic nitrogens is 2. The molecule has 0 saturated carbocycles. The van der Waals surface area contributed by atoms with Gasteiger partial charge in [-0.3, -0.25) is 4.79 Å². The van der Waals surface area contributed by atoms with E-state index in [9.17, 15) is 4.79 Å². The number of hydrogen-bond acceptors (Lipinski definition) is 5. The lowest BCUT2D eigenvalue weighted by Gasteiger charge is -2.16. The molecule has 2 aromatic rings. The molecule has 2 aromatic heterocycles. The Labute approximate surface area is 130 Å². The summed E-state index contributed by atoms with van der Waals surface area (Å²) in [6.07, 6.45) is 4.26. The topological polar surface area (TPSA) is 58.1 Å². The van der Waals surface area contributed by atoms with Crippen LogP contribution in [0.4, 0.5) is 17.3 Å². The number of carbonyl (C=O) groups excluding carboxylic acids is 1. The first kappa shape index (κ1) is 14.5. The molecular formula is C17H20N4O. The summed E-state index contributed by atoms with van der Waals surface area (Å²) in [5.74, 6) is 1.59. The molecule has 0 aromatic carbocycles. The third-order valence-corrected chi connectivity index (χ3v) is 3.85. The summed E-state index contributed by atoms with van der Waals surface area (Å²) >= 11 is 0. The SMILES string of the molecule is CC(=O)c1ccc(C)nc1Nc1ccc(N2CCCC2)nc1. The van der Waals surface area contributed by atoms with Gasteiger partial charge in [0, 0.05) is 18.8 Å². The summed E-state index contributed by atoms with van der Waals surface area (Å²) in [5.41, 5.74) is 2.30. The van der Waals surface area contributed by atoms with E-state index in [2.05, 4.69) is 20.2 Å². The fraction of sp³-hybridized carbons (Fsp3) is 0.353. The third kappa shape index (κ3) is 3.08.